The molecule has 0 heterocycles. The monoisotopic (exact) mass is 183 g/mol. The first kappa shape index (κ1) is 10.7. The minimum atomic E-state index is 0.323. The molecule has 2 N–H and O–H groups in total. The van der Waals surface area contributed by atoms with Crippen LogP contribution in [0.1, 0.15) is 39.0 Å². The maximum absolute atomic E-state index is 5.64. The molecule has 0 saturated carbocycles. The highest BCUT2D eigenvalue weighted by molar-refractivity contribution is 5.03. The number of hydrogen-bond donors (Lipinski definition) is 1. The Bertz CT molecular complexity index is 165. The molecular weight excluding hydrogens is 162 g/mol. The van der Waals surface area contributed by atoms with E-state index in [1.54, 1.807) is 0 Å². The number of rotatable bonds is 3. The molecule has 0 fully saturated rings. The van der Waals surface area contributed by atoms with E-state index in [0.717, 1.165) is 6.42 Å². The van der Waals surface area contributed by atoms with E-state index in [-0.39, 0.29) is 0 Å². The van der Waals surface area contributed by atoms with E-state index in [1.165, 1.54) is 31.3 Å². The van der Waals surface area contributed by atoms with Crippen molar-refractivity contribution in [3.05, 3.63) is 11.6 Å². The summed E-state index contributed by atoms with van der Waals surface area (Å²) in [5.74, 6) is 0. The first-order valence-electron chi connectivity index (χ1n) is 5.32. The molecule has 13 heavy (non-hydrogen) atoms. The van der Waals surface area contributed by atoms with Gasteiger partial charge in [0.05, 0.1) is 12.7 Å². The average Bonchev–Trinajstić information content (AvgIpc) is 2.09. The van der Waals surface area contributed by atoms with Crippen molar-refractivity contribution in [3.63, 3.8) is 0 Å². The third kappa shape index (κ3) is 4.44. The second kappa shape index (κ2) is 6.17. The molecule has 1 aliphatic carbocycles. The minimum Gasteiger partial charge on any atom is -0.373 e. The Balaban J connectivity index is 2.39. The van der Waals surface area contributed by atoms with Crippen LogP contribution in [0.4, 0.5) is 0 Å². The first-order chi connectivity index (χ1) is 6.33. The van der Waals surface area contributed by atoms with E-state index in [9.17, 15) is 0 Å². The second-order valence-electron chi connectivity index (χ2n) is 3.81. The summed E-state index contributed by atoms with van der Waals surface area (Å²) >= 11 is 0. The van der Waals surface area contributed by atoms with Crippen molar-refractivity contribution < 1.29 is 4.74 Å². The summed E-state index contributed by atoms with van der Waals surface area (Å²) in [5, 5.41) is 0. The SMILES string of the molecule is C/C1=C/C(OCCN)CCCCC1. The molecule has 0 aliphatic heterocycles. The number of allylic oxidation sites excluding steroid dienone is 1. The Morgan fingerprint density at radius 3 is 3.08 bits per heavy atom. The molecule has 1 atom stereocenters. The van der Waals surface area contributed by atoms with Crippen LogP contribution in [0.5, 0.6) is 0 Å². The summed E-state index contributed by atoms with van der Waals surface area (Å²) in [4.78, 5) is 0. The van der Waals surface area contributed by atoms with Gasteiger partial charge in [-0.15, -0.1) is 0 Å². The Labute approximate surface area is 81.1 Å². The van der Waals surface area contributed by atoms with Gasteiger partial charge in [-0.2, -0.15) is 0 Å². The predicted molar refractivity (Wildman–Crippen MR) is 55.6 cm³/mol. The van der Waals surface area contributed by atoms with Gasteiger partial charge in [-0.05, 0) is 26.2 Å². The first-order valence-corrected chi connectivity index (χ1v) is 5.32. The minimum absolute atomic E-state index is 0.323. The van der Waals surface area contributed by atoms with Crippen molar-refractivity contribution in [2.24, 2.45) is 5.73 Å². The van der Waals surface area contributed by atoms with Crippen LogP contribution in [0.3, 0.4) is 0 Å². The molecule has 0 aromatic heterocycles. The van der Waals surface area contributed by atoms with Gasteiger partial charge in [0.15, 0.2) is 0 Å². The quantitative estimate of drug-likeness (QED) is 0.681. The van der Waals surface area contributed by atoms with Crippen molar-refractivity contribution >= 4 is 0 Å². The Kier molecular flexibility index (Phi) is 5.09. The number of nitrogens with two attached hydrogens (primary N) is 1. The number of ether oxygens (including phenoxy) is 1. The highest BCUT2D eigenvalue weighted by Gasteiger charge is 2.08. The fraction of sp³-hybridized carbons (Fsp3) is 0.818. The summed E-state index contributed by atoms with van der Waals surface area (Å²) in [6.07, 6.45) is 8.97. The fourth-order valence-corrected chi connectivity index (χ4v) is 1.76. The van der Waals surface area contributed by atoms with Gasteiger partial charge in [0.2, 0.25) is 0 Å². The Morgan fingerprint density at radius 2 is 2.31 bits per heavy atom. The summed E-state index contributed by atoms with van der Waals surface area (Å²) in [6.45, 7) is 3.52. The summed E-state index contributed by atoms with van der Waals surface area (Å²) in [7, 11) is 0. The average molecular weight is 183 g/mol. The highest BCUT2D eigenvalue weighted by atomic mass is 16.5. The van der Waals surface area contributed by atoms with Crippen LogP contribution in [0, 0.1) is 0 Å². The van der Waals surface area contributed by atoms with E-state index >= 15 is 0 Å². The van der Waals surface area contributed by atoms with E-state index < -0.39 is 0 Å². The van der Waals surface area contributed by atoms with Crippen LogP contribution >= 0.6 is 0 Å². The number of hydrogen-bond acceptors (Lipinski definition) is 2. The molecule has 0 amide bonds. The molecule has 76 valence electrons. The van der Waals surface area contributed by atoms with Crippen LogP contribution in [0.25, 0.3) is 0 Å². The molecule has 0 aromatic carbocycles. The predicted octanol–water partition coefficient (Wildman–Crippen LogP) is 2.24. The normalized spacial score (nSPS) is 28.8. The lowest BCUT2D eigenvalue weighted by Crippen LogP contribution is -2.17. The van der Waals surface area contributed by atoms with E-state index in [1.807, 2.05) is 0 Å². The molecule has 0 bridgehead atoms. The van der Waals surface area contributed by atoms with Gasteiger partial charge >= 0.3 is 0 Å². The van der Waals surface area contributed by atoms with Crippen molar-refractivity contribution in [1.29, 1.82) is 0 Å². The zero-order valence-corrected chi connectivity index (χ0v) is 8.59. The van der Waals surface area contributed by atoms with Gasteiger partial charge in [0.1, 0.15) is 0 Å². The van der Waals surface area contributed by atoms with Crippen molar-refractivity contribution in [2.45, 2.75) is 45.1 Å². The molecule has 2 heteroatoms. The molecular formula is C11H21NO. The van der Waals surface area contributed by atoms with Crippen LogP contribution < -0.4 is 5.73 Å². The lowest BCUT2D eigenvalue weighted by molar-refractivity contribution is 0.0820. The largest absolute Gasteiger partial charge is 0.373 e. The van der Waals surface area contributed by atoms with Crippen molar-refractivity contribution in [1.82, 2.24) is 0 Å². The zero-order valence-electron chi connectivity index (χ0n) is 8.59. The molecule has 2 nitrogen and oxygen atoms in total. The van der Waals surface area contributed by atoms with Crippen molar-refractivity contribution in [2.75, 3.05) is 13.2 Å². The van der Waals surface area contributed by atoms with E-state index in [0.29, 0.717) is 19.3 Å². The topological polar surface area (TPSA) is 35.2 Å². The maximum atomic E-state index is 5.64. The molecule has 0 saturated heterocycles. The van der Waals surface area contributed by atoms with Gasteiger partial charge in [-0.1, -0.05) is 24.5 Å². The molecule has 1 aliphatic rings. The highest BCUT2D eigenvalue weighted by Crippen LogP contribution is 2.18. The van der Waals surface area contributed by atoms with Crippen LogP contribution in [-0.4, -0.2) is 19.3 Å². The van der Waals surface area contributed by atoms with Gasteiger partial charge in [-0.25, -0.2) is 0 Å². The second-order valence-corrected chi connectivity index (χ2v) is 3.81. The fourth-order valence-electron chi connectivity index (χ4n) is 1.76. The van der Waals surface area contributed by atoms with Crippen molar-refractivity contribution in [3.8, 4) is 0 Å². The summed E-state index contributed by atoms with van der Waals surface area (Å²) in [6, 6.07) is 0. The smallest absolute Gasteiger partial charge is 0.0758 e. The van der Waals surface area contributed by atoms with Gasteiger partial charge in [0.25, 0.3) is 0 Å². The van der Waals surface area contributed by atoms with Crippen LogP contribution in [0.2, 0.25) is 0 Å². The Hall–Kier alpha value is -0.340. The van der Waals surface area contributed by atoms with Gasteiger partial charge in [0, 0.05) is 6.54 Å². The zero-order chi connectivity index (χ0) is 9.52. The summed E-state index contributed by atoms with van der Waals surface area (Å²) < 4.78 is 5.64. The maximum Gasteiger partial charge on any atom is 0.0758 e. The van der Waals surface area contributed by atoms with E-state index in [2.05, 4.69) is 13.0 Å². The molecule has 0 radical (unpaired) electrons. The standard InChI is InChI=1S/C11H21NO/c1-10-5-3-2-4-6-11(9-10)13-8-7-12/h9,11H,2-8,12H2,1H3/b10-9-. The van der Waals surface area contributed by atoms with Crippen LogP contribution in [-0.2, 0) is 4.74 Å². The molecule has 1 rings (SSSR count). The summed E-state index contributed by atoms with van der Waals surface area (Å²) in [5.41, 5.74) is 6.88. The third-order valence-corrected chi connectivity index (χ3v) is 2.48. The van der Waals surface area contributed by atoms with E-state index in [4.69, 9.17) is 10.5 Å². The Morgan fingerprint density at radius 1 is 1.46 bits per heavy atom. The lowest BCUT2D eigenvalue weighted by atomic mass is 9.99. The third-order valence-electron chi connectivity index (χ3n) is 2.48. The van der Waals surface area contributed by atoms with Gasteiger partial charge < -0.3 is 10.5 Å². The molecule has 0 spiro atoms. The van der Waals surface area contributed by atoms with Gasteiger partial charge in [-0.3, -0.25) is 0 Å². The van der Waals surface area contributed by atoms with Crippen LogP contribution in [0.15, 0.2) is 11.6 Å². The molecule has 0 aromatic rings. The molecule has 1 unspecified atom stereocenters. The lowest BCUT2D eigenvalue weighted by Gasteiger charge is -2.17.